The van der Waals surface area contributed by atoms with E-state index in [1.807, 2.05) is 89.8 Å². The van der Waals surface area contributed by atoms with E-state index in [1.54, 1.807) is 24.3 Å². The van der Waals surface area contributed by atoms with E-state index in [4.69, 9.17) is 4.74 Å². The fourth-order valence-electron chi connectivity index (χ4n) is 5.16. The van der Waals surface area contributed by atoms with Crippen molar-refractivity contribution in [1.82, 2.24) is 0 Å². The molecule has 1 saturated carbocycles. The van der Waals surface area contributed by atoms with Crippen molar-refractivity contribution in [2.75, 3.05) is 24.4 Å². The van der Waals surface area contributed by atoms with Crippen LogP contribution in [0, 0.1) is 5.92 Å². The molecule has 1 fully saturated rings. The summed E-state index contributed by atoms with van der Waals surface area (Å²) < 4.78 is 9.39. The number of hydrogen-bond acceptors (Lipinski definition) is 6. The summed E-state index contributed by atoms with van der Waals surface area (Å²) in [7, 11) is 2.75. The van der Waals surface area contributed by atoms with Crippen LogP contribution >= 0.6 is 0 Å². The highest BCUT2D eigenvalue weighted by Gasteiger charge is 2.27. The minimum Gasteiger partial charge on any atom is -0.465 e. The lowest BCUT2D eigenvalue weighted by Gasteiger charge is -2.29. The number of anilines is 2. The predicted molar refractivity (Wildman–Crippen MR) is 174 cm³/mol. The Bertz CT molecular complexity index is 1470. The van der Waals surface area contributed by atoms with Gasteiger partial charge in [0.1, 0.15) is 0 Å². The molecule has 1 N–H and O–H groups in total. The number of amides is 1. The molecule has 1 aliphatic carbocycles. The number of ether oxygens (including phenoxy) is 2. The van der Waals surface area contributed by atoms with Crippen LogP contribution in [-0.4, -0.2) is 32.1 Å². The number of esters is 2. The van der Waals surface area contributed by atoms with Gasteiger partial charge in [-0.3, -0.25) is 4.79 Å². The minimum atomic E-state index is -0.352. The van der Waals surface area contributed by atoms with Gasteiger partial charge >= 0.3 is 11.9 Å². The molecule has 7 nitrogen and oxygen atoms in total. The smallest absolute Gasteiger partial charge is 0.337 e. The molecule has 0 spiro atoms. The van der Waals surface area contributed by atoms with Crippen LogP contribution in [0.2, 0.25) is 0 Å². The number of para-hydroxylation sites is 2. The Labute approximate surface area is 259 Å². The molecule has 0 unspecified atom stereocenters. The van der Waals surface area contributed by atoms with Gasteiger partial charge in [0.15, 0.2) is 0 Å². The van der Waals surface area contributed by atoms with Crippen LogP contribution in [0.3, 0.4) is 0 Å². The second-order valence-electron chi connectivity index (χ2n) is 10.7. The number of carbonyl (C=O) groups is 3. The summed E-state index contributed by atoms with van der Waals surface area (Å²) in [5.41, 5.74) is 5.19. The van der Waals surface area contributed by atoms with Crippen LogP contribution < -0.4 is 10.2 Å². The molecule has 228 valence electrons. The van der Waals surface area contributed by atoms with Gasteiger partial charge in [-0.15, -0.1) is 0 Å². The molecule has 5 rings (SSSR count). The van der Waals surface area contributed by atoms with Crippen molar-refractivity contribution in [2.24, 2.45) is 5.92 Å². The molecule has 4 aromatic carbocycles. The summed E-state index contributed by atoms with van der Waals surface area (Å²) in [6.07, 6.45) is 5.44. The SMILES string of the molecule is COC(=O)c1ccc(CN(C(=O)C2CCCCC2)c2ccccc2)cc1.COC(=O)c1ccc(CNc2ccccc2)cc1. The quantitative estimate of drug-likeness (QED) is 0.201. The number of rotatable bonds is 9. The Morgan fingerprint density at radius 2 is 1.16 bits per heavy atom. The molecular weight excluding hydrogens is 552 g/mol. The molecule has 0 aromatic heterocycles. The van der Waals surface area contributed by atoms with Crippen molar-refractivity contribution in [1.29, 1.82) is 0 Å². The van der Waals surface area contributed by atoms with Crippen LogP contribution in [0.15, 0.2) is 109 Å². The highest BCUT2D eigenvalue weighted by Crippen LogP contribution is 2.28. The zero-order valence-corrected chi connectivity index (χ0v) is 25.4. The minimum absolute atomic E-state index is 0.110. The van der Waals surface area contributed by atoms with Gasteiger partial charge < -0.3 is 19.7 Å². The van der Waals surface area contributed by atoms with Crippen molar-refractivity contribution in [3.63, 3.8) is 0 Å². The number of methoxy groups -OCH3 is 2. The van der Waals surface area contributed by atoms with E-state index < -0.39 is 0 Å². The molecule has 0 atom stereocenters. The van der Waals surface area contributed by atoms with Gasteiger partial charge in [0.2, 0.25) is 5.91 Å². The van der Waals surface area contributed by atoms with Gasteiger partial charge in [0.25, 0.3) is 0 Å². The van der Waals surface area contributed by atoms with Gasteiger partial charge in [-0.05, 0) is 72.5 Å². The molecule has 0 aliphatic heterocycles. The maximum atomic E-state index is 13.2. The third-order valence-corrected chi connectivity index (χ3v) is 7.65. The van der Waals surface area contributed by atoms with Crippen LogP contribution in [0.5, 0.6) is 0 Å². The fourth-order valence-corrected chi connectivity index (χ4v) is 5.16. The van der Waals surface area contributed by atoms with Gasteiger partial charge in [-0.1, -0.05) is 79.9 Å². The first-order valence-electron chi connectivity index (χ1n) is 15.0. The maximum absolute atomic E-state index is 13.2. The topological polar surface area (TPSA) is 84.9 Å². The fraction of sp³-hybridized carbons (Fsp3) is 0.270. The monoisotopic (exact) mass is 592 g/mol. The van der Waals surface area contributed by atoms with E-state index in [2.05, 4.69) is 10.1 Å². The lowest BCUT2D eigenvalue weighted by Crippen LogP contribution is -2.36. The van der Waals surface area contributed by atoms with E-state index in [0.29, 0.717) is 17.7 Å². The molecule has 44 heavy (non-hydrogen) atoms. The van der Waals surface area contributed by atoms with Gasteiger partial charge in [0, 0.05) is 23.8 Å². The van der Waals surface area contributed by atoms with Gasteiger partial charge in [-0.25, -0.2) is 9.59 Å². The lowest BCUT2D eigenvalue weighted by atomic mass is 9.88. The molecule has 7 heteroatoms. The average molecular weight is 593 g/mol. The zero-order chi connectivity index (χ0) is 31.1. The van der Waals surface area contributed by atoms with E-state index in [1.165, 1.54) is 20.6 Å². The zero-order valence-electron chi connectivity index (χ0n) is 25.4. The van der Waals surface area contributed by atoms with E-state index in [9.17, 15) is 14.4 Å². The maximum Gasteiger partial charge on any atom is 0.337 e. The standard InChI is InChI=1S/C22H25NO3.C15H15NO2/c1-26-22(25)19-14-12-17(13-15-19)16-23(20-10-6-3-7-11-20)21(24)18-8-4-2-5-9-18;1-18-15(17)13-9-7-12(8-10-13)11-16-14-5-3-2-4-6-14/h3,6-7,10-15,18H,2,4-5,8-9,16H2,1H3;2-10,16H,11H2,1H3. The van der Waals surface area contributed by atoms with Crippen molar-refractivity contribution in [3.8, 4) is 0 Å². The number of carbonyl (C=O) groups excluding carboxylic acids is 3. The first-order chi connectivity index (χ1) is 21.5. The highest BCUT2D eigenvalue weighted by atomic mass is 16.5. The lowest BCUT2D eigenvalue weighted by molar-refractivity contribution is -0.123. The van der Waals surface area contributed by atoms with Crippen molar-refractivity contribution < 1.29 is 23.9 Å². The van der Waals surface area contributed by atoms with Gasteiger partial charge in [0.05, 0.1) is 31.9 Å². The Morgan fingerprint density at radius 3 is 1.68 bits per heavy atom. The Balaban J connectivity index is 0.000000215. The number of nitrogens with one attached hydrogen (secondary N) is 1. The first kappa shape index (κ1) is 32.0. The Morgan fingerprint density at radius 1 is 0.659 bits per heavy atom. The van der Waals surface area contributed by atoms with Gasteiger partial charge in [-0.2, -0.15) is 0 Å². The number of hydrogen-bond donors (Lipinski definition) is 1. The van der Waals surface area contributed by atoms with E-state index in [0.717, 1.165) is 54.7 Å². The summed E-state index contributed by atoms with van der Waals surface area (Å²) in [4.78, 5) is 37.9. The molecule has 0 radical (unpaired) electrons. The second-order valence-corrected chi connectivity index (χ2v) is 10.7. The summed E-state index contributed by atoms with van der Waals surface area (Å²) in [6, 6.07) is 34.5. The molecule has 0 bridgehead atoms. The Kier molecular flexibility index (Phi) is 12.1. The summed E-state index contributed by atoms with van der Waals surface area (Å²) >= 11 is 0. The number of benzene rings is 4. The number of nitrogens with zero attached hydrogens (tertiary/aromatic N) is 1. The van der Waals surface area contributed by atoms with E-state index in [-0.39, 0.29) is 23.8 Å². The predicted octanol–water partition coefficient (Wildman–Crippen LogP) is 7.67. The second kappa shape index (κ2) is 16.7. The van der Waals surface area contributed by atoms with Crippen molar-refractivity contribution >= 4 is 29.2 Å². The molecule has 0 heterocycles. The first-order valence-corrected chi connectivity index (χ1v) is 15.0. The third-order valence-electron chi connectivity index (χ3n) is 7.65. The van der Waals surface area contributed by atoms with Crippen LogP contribution in [0.25, 0.3) is 0 Å². The summed E-state index contributed by atoms with van der Waals surface area (Å²) in [6.45, 7) is 1.23. The van der Waals surface area contributed by atoms with Crippen LogP contribution in [0.1, 0.15) is 63.9 Å². The van der Waals surface area contributed by atoms with Crippen molar-refractivity contribution in [2.45, 2.75) is 45.2 Å². The molecule has 1 amide bonds. The normalized spacial score (nSPS) is 12.7. The largest absolute Gasteiger partial charge is 0.465 e. The van der Waals surface area contributed by atoms with E-state index >= 15 is 0 Å². The van der Waals surface area contributed by atoms with Crippen LogP contribution in [0.4, 0.5) is 11.4 Å². The molecule has 0 saturated heterocycles. The molecular formula is C37H40N2O5. The van der Waals surface area contributed by atoms with Crippen molar-refractivity contribution in [3.05, 3.63) is 131 Å². The highest BCUT2D eigenvalue weighted by molar-refractivity contribution is 5.95. The Hall–Kier alpha value is -4.91. The molecule has 1 aliphatic rings. The summed E-state index contributed by atoms with van der Waals surface area (Å²) in [5, 5.41) is 3.31. The van der Waals surface area contributed by atoms with Crippen LogP contribution in [-0.2, 0) is 27.4 Å². The third kappa shape index (κ3) is 9.30. The summed E-state index contributed by atoms with van der Waals surface area (Å²) in [5.74, 6) is -0.349. The molecule has 4 aromatic rings. The average Bonchev–Trinajstić information content (AvgIpc) is 3.10.